The Morgan fingerprint density at radius 1 is 0.541 bits per heavy atom. The van der Waals surface area contributed by atoms with Crippen LogP contribution in [0.2, 0.25) is 25.7 Å². The molecule has 398 valence electrons. The third kappa shape index (κ3) is 29.4. The van der Waals surface area contributed by atoms with E-state index in [9.17, 15) is 14.4 Å². The maximum atomic E-state index is 12.2. The van der Waals surface area contributed by atoms with Gasteiger partial charge in [0, 0.05) is 25.5 Å². The number of benzene rings is 6. The van der Waals surface area contributed by atoms with Crippen LogP contribution < -0.4 is 18.9 Å². The van der Waals surface area contributed by atoms with Crippen molar-refractivity contribution >= 4 is 66.7 Å². The van der Waals surface area contributed by atoms with Crippen LogP contribution in [-0.2, 0) is 24.8 Å². The summed E-state index contributed by atoms with van der Waals surface area (Å²) in [7, 11) is 22.6. The Morgan fingerprint density at radius 2 is 0.892 bits per heavy atom. The molecule has 74 heavy (non-hydrogen) atoms. The summed E-state index contributed by atoms with van der Waals surface area (Å²) in [5, 5.41) is 0. The Hall–Kier alpha value is -4.74. The Bertz CT molecular complexity index is 2510. The monoisotopic (exact) mass is 1270 g/mol. The molecule has 0 heterocycles. The molecule has 0 aliphatic carbocycles. The van der Waals surface area contributed by atoms with Gasteiger partial charge in [0.2, 0.25) is 0 Å². The molecule has 2 unspecified atom stereocenters. The third-order valence-corrected chi connectivity index (χ3v) is 11.5. The summed E-state index contributed by atoms with van der Waals surface area (Å²) < 4.78 is 20.9. The van der Waals surface area contributed by atoms with E-state index in [2.05, 4.69) is 93.0 Å². The number of aldehydes is 1. The Morgan fingerprint density at radius 3 is 1.23 bits per heavy atom. The fourth-order valence-electron chi connectivity index (χ4n) is 6.11. The van der Waals surface area contributed by atoms with Crippen LogP contribution in [0.3, 0.4) is 0 Å². The van der Waals surface area contributed by atoms with Gasteiger partial charge in [0.1, 0.15) is 29.3 Å². The number of carbonyl (C=O) groups is 3. The average molecular weight is 1270 g/mol. The number of hydrogen-bond acceptors (Lipinski definition) is 7. The summed E-state index contributed by atoms with van der Waals surface area (Å²) in [4.78, 5) is 34.1. The summed E-state index contributed by atoms with van der Waals surface area (Å²) in [6, 6.07) is 54.2. The quantitative estimate of drug-likeness (QED) is 0.0374. The van der Waals surface area contributed by atoms with E-state index in [1.807, 2.05) is 126 Å². The second kappa shape index (κ2) is 34.8. The molecule has 2 atom stereocenters. The van der Waals surface area contributed by atoms with E-state index in [-0.39, 0.29) is 23.8 Å². The first kappa shape index (κ1) is 67.3. The number of methoxy groups -OCH3 is 2. The van der Waals surface area contributed by atoms with Gasteiger partial charge in [-0.25, -0.2) is 0 Å². The van der Waals surface area contributed by atoms with E-state index in [0.29, 0.717) is 17.1 Å². The second-order valence-electron chi connectivity index (χ2n) is 19.5. The zero-order valence-corrected chi connectivity index (χ0v) is 53.0. The van der Waals surface area contributed by atoms with Gasteiger partial charge in [0.25, 0.3) is 0 Å². The van der Waals surface area contributed by atoms with Crippen molar-refractivity contribution in [2.75, 3.05) is 14.2 Å². The van der Waals surface area contributed by atoms with E-state index in [4.69, 9.17) is 53.3 Å². The van der Waals surface area contributed by atoms with Crippen LogP contribution in [0.1, 0.15) is 99.8 Å². The molecule has 0 aromatic heterocycles. The van der Waals surface area contributed by atoms with Gasteiger partial charge in [0.05, 0.1) is 25.0 Å². The molecular weight excluding hydrogens is 1190 g/mol. The number of carbonyl (C=O) groups excluding carboxylic acids is 3. The van der Waals surface area contributed by atoms with Crippen LogP contribution in [0.5, 0.6) is 23.0 Å². The summed E-state index contributed by atoms with van der Waals surface area (Å²) in [6.45, 7) is 26.2. The number of ether oxygens (including phenoxy) is 4. The van der Waals surface area contributed by atoms with Gasteiger partial charge >= 0.3 is 61.5 Å². The second-order valence-corrected chi connectivity index (χ2v) is 56.2. The van der Waals surface area contributed by atoms with Gasteiger partial charge in [-0.05, 0) is 131 Å². The van der Waals surface area contributed by atoms with Crippen LogP contribution in [0.15, 0.2) is 183 Å². The number of para-hydroxylation sites is 1. The van der Waals surface area contributed by atoms with E-state index in [1.54, 1.807) is 59.3 Å². The average Bonchev–Trinajstić information content (AvgIpc) is 3.37. The topological polar surface area (TPSA) is 88.1 Å². The molecule has 0 aliphatic rings. The molecule has 0 saturated heterocycles. The molecule has 6 aromatic carbocycles. The molecule has 0 amide bonds. The van der Waals surface area contributed by atoms with Crippen LogP contribution in [0.4, 0.5) is 0 Å². The predicted molar refractivity (Wildman–Crippen MR) is 314 cm³/mol. The van der Waals surface area contributed by atoms with Crippen molar-refractivity contribution in [3.8, 4) is 23.0 Å². The van der Waals surface area contributed by atoms with Crippen LogP contribution in [0, 0.1) is 10.8 Å². The van der Waals surface area contributed by atoms with E-state index >= 15 is 0 Å². The maximum absolute atomic E-state index is 12.2. The summed E-state index contributed by atoms with van der Waals surface area (Å²) in [5.74, 6) is 2.33. The van der Waals surface area contributed by atoms with Gasteiger partial charge in [-0.15, -0.1) is 6.58 Å². The Labute approximate surface area is 462 Å². The summed E-state index contributed by atoms with van der Waals surface area (Å²) >= 11 is -3.39. The molecule has 0 saturated carbocycles. The van der Waals surface area contributed by atoms with Crippen molar-refractivity contribution in [1.82, 2.24) is 0 Å². The van der Waals surface area contributed by atoms with Gasteiger partial charge in [-0.3, -0.25) is 14.4 Å². The SMILES string of the molecule is C=CC(c1ccccc1)C(c1ccc(OC)cc1)c1ccc(OC(=O)C(C)(C)C)cc1.CC.CC(C)(C)C(=O)Oc1ccc(C=O)cc1.COc1ccccc1.C[Si](C)(C)C/C=C/c1ccccc1.[Cl][Hf]([Cl])([Cl])[Cl]. The predicted octanol–water partition coefficient (Wildman–Crippen LogP) is 18.7. The van der Waals surface area contributed by atoms with Crippen LogP contribution >= 0.6 is 34.3 Å². The molecule has 0 bridgehead atoms. The van der Waals surface area contributed by atoms with E-state index < -0.39 is 34.1 Å². The fraction of sp³-hybridized carbons (Fsp3) is 0.295. The van der Waals surface area contributed by atoms with Crippen molar-refractivity contribution in [3.63, 3.8) is 0 Å². The minimum atomic E-state index is -3.39. The van der Waals surface area contributed by atoms with Crippen molar-refractivity contribution in [1.29, 1.82) is 0 Å². The summed E-state index contributed by atoms with van der Waals surface area (Å²) in [5.41, 5.74) is 4.27. The summed E-state index contributed by atoms with van der Waals surface area (Å²) in [6.07, 6.45) is 7.27. The number of rotatable bonds is 13. The zero-order valence-electron chi connectivity index (χ0n) is 45.3. The first-order valence-corrected chi connectivity index (χ1v) is 45.8. The molecule has 6 aromatic rings. The van der Waals surface area contributed by atoms with E-state index in [0.717, 1.165) is 28.9 Å². The Kier molecular flexibility index (Phi) is 31.6. The standard InChI is InChI=1S/C28H30O3.C12H14O3.C12H18Si.C7H8O.C2H6.4ClH.Hf/c1-6-25(20-10-8-7-9-11-20)26(21-12-16-23(30-5)17-13-21)22-14-18-24(19-15-22)31-27(29)28(2,3)4;1-12(2,3)11(14)15-10-6-4-9(8-13)5-7-10;1-13(2,3)11-7-10-12-8-5-4-6-9-12;1-8-7-5-3-2-4-6-7;1-2;;;;;/h6-19,25-26H,1H2,2-5H3;4-8H,1-3H3;4-10H,11H2,1-3H3;2-6H,1H3;1-2H3;4*1H;/q;;;;;;;;;+4/p-4/b;;10-7+;;;;;;;. The van der Waals surface area contributed by atoms with Gasteiger partial charge in [-0.1, -0.05) is 155 Å². The molecule has 0 aliphatic heterocycles. The molecule has 6 rings (SSSR count). The van der Waals surface area contributed by atoms with Crippen LogP contribution in [-0.4, -0.2) is 40.5 Å². The van der Waals surface area contributed by atoms with Gasteiger partial charge in [-0.2, -0.15) is 0 Å². The Balaban J connectivity index is 0.000000528. The number of hydrogen-bond donors (Lipinski definition) is 0. The molecule has 0 N–H and O–H groups in total. The van der Waals surface area contributed by atoms with Crippen molar-refractivity contribution in [2.45, 2.75) is 92.9 Å². The van der Waals surface area contributed by atoms with Crippen LogP contribution in [0.25, 0.3) is 6.08 Å². The normalized spacial score (nSPS) is 11.7. The molecular formula is C61H76Cl4HfO7Si. The number of allylic oxidation sites excluding steroid dienone is 2. The third-order valence-electron chi connectivity index (χ3n) is 9.99. The fourth-order valence-corrected chi connectivity index (χ4v) is 6.93. The van der Waals surface area contributed by atoms with Gasteiger partial charge < -0.3 is 18.9 Å². The molecule has 0 spiro atoms. The first-order chi connectivity index (χ1) is 34.8. The minimum absolute atomic E-state index is 0.0539. The van der Waals surface area contributed by atoms with E-state index in [1.165, 1.54) is 17.2 Å². The number of esters is 2. The molecule has 0 fully saturated rings. The molecule has 7 nitrogen and oxygen atoms in total. The van der Waals surface area contributed by atoms with Crippen molar-refractivity contribution < 1.29 is 48.6 Å². The van der Waals surface area contributed by atoms with Gasteiger partial charge in [0.15, 0.2) is 0 Å². The van der Waals surface area contributed by atoms with Crippen molar-refractivity contribution in [3.05, 3.63) is 210 Å². The zero-order chi connectivity index (χ0) is 56.0. The number of halogens is 4. The molecule has 0 radical (unpaired) electrons. The van der Waals surface area contributed by atoms with Crippen molar-refractivity contribution in [2.24, 2.45) is 10.8 Å². The molecule has 13 heteroatoms. The first-order valence-electron chi connectivity index (χ1n) is 24.3.